The van der Waals surface area contributed by atoms with Crippen molar-refractivity contribution < 1.29 is 26.5 Å². The van der Waals surface area contributed by atoms with Gasteiger partial charge in [0.15, 0.2) is 0 Å². The molecule has 2 N–H and O–H groups in total. The van der Waals surface area contributed by atoms with E-state index in [1.54, 1.807) is 6.07 Å². The Hall–Kier alpha value is -1.94. The standard InChI is InChI=1S/C14H15NO5S.C4H8O2/c15-21(17,18)20-9-6-7-11-10-4-2-1-3-5-12(10)14(16)19-13(11)8-9;1-2-6-4-3-5-1/h6-8H,1-5H2,(H2,15,17,18);1-4H2. The van der Waals surface area contributed by atoms with Crippen LogP contribution in [-0.4, -0.2) is 34.8 Å². The number of hydrogen-bond acceptors (Lipinski definition) is 7. The SMILES string of the molecule is C1COCCO1.NS(=O)(=O)Oc1ccc2c3c(c(=O)oc2c1)CCCCC3. The second-order valence-corrected chi connectivity index (χ2v) is 7.52. The molecule has 1 aromatic heterocycles. The normalized spacial score (nSPS) is 17.4. The molecule has 1 saturated heterocycles. The van der Waals surface area contributed by atoms with Gasteiger partial charge in [-0.2, -0.15) is 13.6 Å². The van der Waals surface area contributed by atoms with Crippen molar-refractivity contribution in [2.75, 3.05) is 26.4 Å². The molecule has 27 heavy (non-hydrogen) atoms. The van der Waals surface area contributed by atoms with E-state index in [0.29, 0.717) is 5.58 Å². The van der Waals surface area contributed by atoms with Crippen LogP contribution in [0.1, 0.15) is 30.4 Å². The molecule has 1 aliphatic heterocycles. The average molecular weight is 397 g/mol. The van der Waals surface area contributed by atoms with E-state index in [2.05, 4.69) is 4.18 Å². The summed E-state index contributed by atoms with van der Waals surface area (Å²) in [6, 6.07) is 4.60. The first kappa shape index (κ1) is 19.8. The van der Waals surface area contributed by atoms with Gasteiger partial charge in [0.25, 0.3) is 0 Å². The Labute approximate surface area is 157 Å². The van der Waals surface area contributed by atoms with Crippen LogP contribution in [0.2, 0.25) is 0 Å². The smallest absolute Gasteiger partial charge is 0.380 e. The molecule has 148 valence electrons. The van der Waals surface area contributed by atoms with Crippen LogP contribution in [0.5, 0.6) is 5.75 Å². The third-order valence-electron chi connectivity index (χ3n) is 4.40. The Bertz CT molecular complexity index is 937. The molecular weight excluding hydrogens is 374 g/mol. The Morgan fingerprint density at radius 1 is 0.926 bits per heavy atom. The monoisotopic (exact) mass is 397 g/mol. The fraction of sp³-hybridized carbons (Fsp3) is 0.500. The number of fused-ring (bicyclic) bond motifs is 3. The third-order valence-corrected chi connectivity index (χ3v) is 4.83. The molecule has 8 nitrogen and oxygen atoms in total. The molecular formula is C18H23NO7S. The number of nitrogens with two attached hydrogens (primary N) is 1. The second kappa shape index (κ2) is 8.83. The number of aryl methyl sites for hydroxylation is 1. The van der Waals surface area contributed by atoms with Crippen LogP contribution in [0.3, 0.4) is 0 Å². The molecule has 0 amide bonds. The largest absolute Gasteiger partial charge is 0.422 e. The Morgan fingerprint density at radius 3 is 2.15 bits per heavy atom. The van der Waals surface area contributed by atoms with E-state index in [9.17, 15) is 13.2 Å². The number of benzene rings is 1. The molecule has 1 aromatic carbocycles. The van der Waals surface area contributed by atoms with E-state index in [-0.39, 0.29) is 11.4 Å². The first-order valence-electron chi connectivity index (χ1n) is 8.90. The molecule has 2 aliphatic rings. The van der Waals surface area contributed by atoms with Crippen LogP contribution in [0.25, 0.3) is 11.0 Å². The molecule has 9 heteroatoms. The lowest BCUT2D eigenvalue weighted by atomic mass is 10.0. The van der Waals surface area contributed by atoms with Gasteiger partial charge in [-0.1, -0.05) is 6.42 Å². The second-order valence-electron chi connectivity index (χ2n) is 6.37. The van der Waals surface area contributed by atoms with Crippen molar-refractivity contribution in [3.8, 4) is 5.75 Å². The van der Waals surface area contributed by atoms with Gasteiger partial charge in [0.1, 0.15) is 11.3 Å². The Balaban J connectivity index is 0.000000299. The topological polar surface area (TPSA) is 118 Å². The van der Waals surface area contributed by atoms with Crippen molar-refractivity contribution in [3.63, 3.8) is 0 Å². The summed E-state index contributed by atoms with van der Waals surface area (Å²) in [5.41, 5.74) is 1.70. The fourth-order valence-electron chi connectivity index (χ4n) is 3.23. The van der Waals surface area contributed by atoms with Crippen LogP contribution >= 0.6 is 0 Å². The number of hydrogen-bond donors (Lipinski definition) is 1. The lowest BCUT2D eigenvalue weighted by molar-refractivity contribution is -0.0334. The predicted molar refractivity (Wildman–Crippen MR) is 99.1 cm³/mol. The van der Waals surface area contributed by atoms with E-state index in [0.717, 1.165) is 75.0 Å². The van der Waals surface area contributed by atoms with Crippen molar-refractivity contribution in [1.82, 2.24) is 0 Å². The fourth-order valence-corrected chi connectivity index (χ4v) is 3.60. The molecule has 1 fully saturated rings. The molecule has 0 atom stereocenters. The zero-order valence-corrected chi connectivity index (χ0v) is 15.8. The minimum Gasteiger partial charge on any atom is -0.422 e. The first-order valence-corrected chi connectivity index (χ1v) is 10.4. The summed E-state index contributed by atoms with van der Waals surface area (Å²) in [4.78, 5) is 12.1. The average Bonchev–Trinajstić information content (AvgIpc) is 2.89. The third kappa shape index (κ3) is 5.52. The molecule has 0 unspecified atom stereocenters. The van der Waals surface area contributed by atoms with Gasteiger partial charge in [0.2, 0.25) is 0 Å². The van der Waals surface area contributed by atoms with Gasteiger partial charge in [-0.3, -0.25) is 0 Å². The maximum atomic E-state index is 12.1. The molecule has 1 aliphatic carbocycles. The van der Waals surface area contributed by atoms with Crippen LogP contribution < -0.4 is 14.9 Å². The summed E-state index contributed by atoms with van der Waals surface area (Å²) in [7, 11) is -4.10. The van der Waals surface area contributed by atoms with E-state index in [1.807, 2.05) is 0 Å². The van der Waals surface area contributed by atoms with Crippen molar-refractivity contribution in [1.29, 1.82) is 0 Å². The van der Waals surface area contributed by atoms with Gasteiger partial charge in [0, 0.05) is 17.0 Å². The minimum atomic E-state index is -4.10. The number of ether oxygens (including phenoxy) is 2. The van der Waals surface area contributed by atoms with Crippen LogP contribution in [0.15, 0.2) is 27.4 Å². The van der Waals surface area contributed by atoms with E-state index >= 15 is 0 Å². The highest BCUT2D eigenvalue weighted by Gasteiger charge is 2.17. The molecule has 0 bridgehead atoms. The Morgan fingerprint density at radius 2 is 1.56 bits per heavy atom. The summed E-state index contributed by atoms with van der Waals surface area (Å²) in [6.45, 7) is 3.11. The van der Waals surface area contributed by atoms with Crippen LogP contribution in [0.4, 0.5) is 0 Å². The van der Waals surface area contributed by atoms with Gasteiger partial charge < -0.3 is 18.1 Å². The highest BCUT2D eigenvalue weighted by molar-refractivity contribution is 7.84. The summed E-state index contributed by atoms with van der Waals surface area (Å²) in [5.74, 6) is 0.0294. The van der Waals surface area contributed by atoms with Gasteiger partial charge in [-0.15, -0.1) is 0 Å². The number of rotatable bonds is 2. The summed E-state index contributed by atoms with van der Waals surface area (Å²) >= 11 is 0. The summed E-state index contributed by atoms with van der Waals surface area (Å²) in [6.07, 6.45) is 4.65. The zero-order chi connectivity index (χ0) is 19.3. The van der Waals surface area contributed by atoms with E-state index < -0.39 is 10.3 Å². The van der Waals surface area contributed by atoms with Crippen molar-refractivity contribution in [2.24, 2.45) is 5.14 Å². The van der Waals surface area contributed by atoms with Crippen molar-refractivity contribution in [2.45, 2.75) is 32.1 Å². The van der Waals surface area contributed by atoms with Crippen molar-refractivity contribution >= 4 is 21.3 Å². The summed E-state index contributed by atoms with van der Waals surface area (Å²) < 4.78 is 41.7. The summed E-state index contributed by atoms with van der Waals surface area (Å²) in [5, 5.41) is 5.66. The predicted octanol–water partition coefficient (Wildman–Crippen LogP) is 1.68. The highest BCUT2D eigenvalue weighted by Crippen LogP contribution is 2.28. The molecule has 0 saturated carbocycles. The minimum absolute atomic E-state index is 0.0294. The Kier molecular flexibility index (Phi) is 6.48. The lowest BCUT2D eigenvalue weighted by Gasteiger charge is -2.09. The van der Waals surface area contributed by atoms with Gasteiger partial charge in [-0.25, -0.2) is 4.79 Å². The van der Waals surface area contributed by atoms with E-state index in [4.69, 9.17) is 19.0 Å². The lowest BCUT2D eigenvalue weighted by Crippen LogP contribution is -2.19. The van der Waals surface area contributed by atoms with Gasteiger partial charge in [0.05, 0.1) is 26.4 Å². The maximum Gasteiger partial charge on any atom is 0.380 e. The molecule has 0 radical (unpaired) electrons. The quantitative estimate of drug-likeness (QED) is 0.605. The highest BCUT2D eigenvalue weighted by atomic mass is 32.2. The molecule has 4 rings (SSSR count). The van der Waals surface area contributed by atoms with Gasteiger partial charge >= 0.3 is 15.9 Å². The molecule has 2 aromatic rings. The first-order chi connectivity index (χ1) is 12.9. The van der Waals surface area contributed by atoms with Crippen LogP contribution in [-0.2, 0) is 32.6 Å². The zero-order valence-electron chi connectivity index (χ0n) is 14.9. The maximum absolute atomic E-state index is 12.1. The van der Waals surface area contributed by atoms with Crippen molar-refractivity contribution in [3.05, 3.63) is 39.7 Å². The van der Waals surface area contributed by atoms with Gasteiger partial charge in [-0.05, 0) is 43.4 Å². The molecule has 2 heterocycles. The molecule has 0 spiro atoms. The van der Waals surface area contributed by atoms with Crippen LogP contribution in [0, 0.1) is 0 Å². The van der Waals surface area contributed by atoms with E-state index in [1.165, 1.54) is 12.1 Å².